The van der Waals surface area contributed by atoms with Crippen LogP contribution in [0.25, 0.3) is 0 Å². The van der Waals surface area contributed by atoms with Crippen molar-refractivity contribution < 1.29 is 9.90 Å². The Balaban J connectivity index is 1.74. The van der Waals surface area contributed by atoms with Crippen LogP contribution in [-0.2, 0) is 0 Å². The number of carboxylic acids is 1. The maximum absolute atomic E-state index is 11.0. The standard InChI is InChI=1S/C11H15N3O2S/c15-11(16)9-10(17-6-12-9)13-8-5-14-3-1-7(8)2-4-14/h6-8,13H,1-5H2,(H,15,16). The number of nitrogens with zero attached hydrogens (tertiary/aromatic N) is 2. The van der Waals surface area contributed by atoms with E-state index in [1.165, 1.54) is 37.3 Å². The van der Waals surface area contributed by atoms with Gasteiger partial charge in [-0.05, 0) is 31.8 Å². The molecule has 3 fully saturated rings. The molecule has 4 rings (SSSR count). The van der Waals surface area contributed by atoms with Crippen LogP contribution in [0, 0.1) is 5.92 Å². The van der Waals surface area contributed by atoms with E-state index in [2.05, 4.69) is 15.2 Å². The molecule has 1 aromatic heterocycles. The first-order chi connectivity index (χ1) is 8.24. The van der Waals surface area contributed by atoms with Gasteiger partial charge >= 0.3 is 5.97 Å². The predicted molar refractivity (Wildman–Crippen MR) is 65.6 cm³/mol. The Hall–Kier alpha value is -1.14. The Morgan fingerprint density at radius 1 is 1.53 bits per heavy atom. The zero-order chi connectivity index (χ0) is 11.8. The molecule has 3 saturated heterocycles. The number of fused-ring (bicyclic) bond motifs is 3. The minimum Gasteiger partial charge on any atom is -0.476 e. The van der Waals surface area contributed by atoms with Gasteiger partial charge in [0, 0.05) is 12.6 Å². The molecule has 5 nitrogen and oxygen atoms in total. The summed E-state index contributed by atoms with van der Waals surface area (Å²) in [6, 6.07) is 0.385. The number of aromatic carboxylic acids is 1. The Morgan fingerprint density at radius 2 is 2.29 bits per heavy atom. The normalized spacial score (nSPS) is 31.4. The van der Waals surface area contributed by atoms with Crippen LogP contribution in [0.4, 0.5) is 5.00 Å². The fourth-order valence-corrected chi connectivity index (χ4v) is 3.53. The SMILES string of the molecule is O=C(O)c1ncsc1NC1CN2CCC1CC2. The maximum Gasteiger partial charge on any atom is 0.357 e. The molecule has 4 heterocycles. The molecular formula is C11H15N3O2S. The second-order valence-corrected chi connectivity index (χ2v) is 5.58. The summed E-state index contributed by atoms with van der Waals surface area (Å²) in [5.74, 6) is -0.265. The number of hydrogen-bond acceptors (Lipinski definition) is 5. The Labute approximate surface area is 103 Å². The molecular weight excluding hydrogens is 238 g/mol. The lowest BCUT2D eigenvalue weighted by molar-refractivity contribution is 0.0691. The average molecular weight is 253 g/mol. The van der Waals surface area contributed by atoms with E-state index in [1.54, 1.807) is 5.51 Å². The molecule has 0 aliphatic carbocycles. The van der Waals surface area contributed by atoms with Crippen LogP contribution < -0.4 is 5.32 Å². The molecule has 3 aliphatic rings. The minimum absolute atomic E-state index is 0.159. The topological polar surface area (TPSA) is 65.5 Å². The lowest BCUT2D eigenvalue weighted by atomic mass is 9.84. The van der Waals surface area contributed by atoms with E-state index in [9.17, 15) is 4.79 Å². The number of rotatable bonds is 3. The number of hydrogen-bond donors (Lipinski definition) is 2. The van der Waals surface area contributed by atoms with Crippen molar-refractivity contribution in [1.29, 1.82) is 0 Å². The van der Waals surface area contributed by atoms with Crippen molar-refractivity contribution in [2.75, 3.05) is 25.0 Å². The second-order valence-electron chi connectivity index (χ2n) is 4.72. The van der Waals surface area contributed by atoms with Gasteiger partial charge in [0.15, 0.2) is 5.69 Å². The van der Waals surface area contributed by atoms with Crippen molar-refractivity contribution in [2.45, 2.75) is 18.9 Å². The van der Waals surface area contributed by atoms with Crippen molar-refractivity contribution in [1.82, 2.24) is 9.88 Å². The van der Waals surface area contributed by atoms with Crippen molar-refractivity contribution in [2.24, 2.45) is 5.92 Å². The van der Waals surface area contributed by atoms with E-state index in [1.807, 2.05) is 0 Å². The third kappa shape index (κ3) is 2.02. The van der Waals surface area contributed by atoms with Gasteiger partial charge in [0.25, 0.3) is 0 Å². The van der Waals surface area contributed by atoms with Crippen LogP contribution >= 0.6 is 11.3 Å². The molecule has 2 N–H and O–H groups in total. The molecule has 92 valence electrons. The highest BCUT2D eigenvalue weighted by Crippen LogP contribution is 2.31. The van der Waals surface area contributed by atoms with Gasteiger partial charge in [0.1, 0.15) is 5.00 Å². The number of nitrogens with one attached hydrogen (secondary N) is 1. The predicted octanol–water partition coefficient (Wildman–Crippen LogP) is 1.35. The lowest BCUT2D eigenvalue weighted by Crippen LogP contribution is -2.53. The first kappa shape index (κ1) is 11.0. The summed E-state index contributed by atoms with van der Waals surface area (Å²) < 4.78 is 0. The van der Waals surface area contributed by atoms with Crippen LogP contribution in [0.5, 0.6) is 0 Å². The number of carboxylic acid groups (broad SMARTS) is 1. The monoisotopic (exact) mass is 253 g/mol. The number of piperidine rings is 3. The van der Waals surface area contributed by atoms with Crippen LogP contribution in [0.2, 0.25) is 0 Å². The van der Waals surface area contributed by atoms with E-state index in [0.29, 0.717) is 17.0 Å². The first-order valence-electron chi connectivity index (χ1n) is 5.89. The molecule has 1 aromatic rings. The highest BCUT2D eigenvalue weighted by Gasteiger charge is 2.34. The van der Waals surface area contributed by atoms with Crippen molar-refractivity contribution >= 4 is 22.3 Å². The van der Waals surface area contributed by atoms with E-state index in [4.69, 9.17) is 5.11 Å². The second kappa shape index (κ2) is 4.27. The summed E-state index contributed by atoms with van der Waals surface area (Å²) in [4.78, 5) is 17.3. The van der Waals surface area contributed by atoms with Gasteiger partial charge in [0.05, 0.1) is 5.51 Å². The molecule has 17 heavy (non-hydrogen) atoms. The largest absolute Gasteiger partial charge is 0.476 e. The van der Waals surface area contributed by atoms with Crippen LogP contribution in [0.1, 0.15) is 23.3 Å². The number of aromatic nitrogens is 1. The summed E-state index contributed by atoms with van der Waals surface area (Å²) >= 11 is 1.38. The maximum atomic E-state index is 11.0. The van der Waals surface area contributed by atoms with Crippen molar-refractivity contribution in [3.63, 3.8) is 0 Å². The van der Waals surface area contributed by atoms with Gasteiger partial charge in [-0.3, -0.25) is 0 Å². The van der Waals surface area contributed by atoms with Crippen LogP contribution in [0.3, 0.4) is 0 Å². The average Bonchev–Trinajstić information content (AvgIpc) is 2.79. The molecule has 6 heteroatoms. The third-order valence-electron chi connectivity index (χ3n) is 3.74. The zero-order valence-electron chi connectivity index (χ0n) is 9.43. The van der Waals surface area contributed by atoms with E-state index in [-0.39, 0.29) is 5.69 Å². The summed E-state index contributed by atoms with van der Waals surface area (Å²) in [6.45, 7) is 3.41. The third-order valence-corrected chi connectivity index (χ3v) is 4.50. The van der Waals surface area contributed by atoms with Gasteiger partial charge < -0.3 is 15.3 Å². The van der Waals surface area contributed by atoms with Gasteiger partial charge in [0.2, 0.25) is 0 Å². The fraction of sp³-hybridized carbons (Fsp3) is 0.636. The van der Waals surface area contributed by atoms with Gasteiger partial charge in [-0.1, -0.05) is 0 Å². The molecule has 2 bridgehead atoms. The Kier molecular flexibility index (Phi) is 2.76. The number of carbonyl (C=O) groups is 1. The zero-order valence-corrected chi connectivity index (χ0v) is 10.2. The molecule has 1 atom stereocenters. The molecule has 0 saturated carbocycles. The summed E-state index contributed by atoms with van der Waals surface area (Å²) in [5.41, 5.74) is 1.75. The smallest absolute Gasteiger partial charge is 0.357 e. The summed E-state index contributed by atoms with van der Waals surface area (Å²) in [6.07, 6.45) is 2.44. The van der Waals surface area contributed by atoms with E-state index < -0.39 is 5.97 Å². The minimum atomic E-state index is -0.949. The highest BCUT2D eigenvalue weighted by atomic mass is 32.1. The van der Waals surface area contributed by atoms with E-state index in [0.717, 1.165) is 6.54 Å². The van der Waals surface area contributed by atoms with Crippen LogP contribution in [-0.4, -0.2) is 46.6 Å². The molecule has 0 radical (unpaired) electrons. The fourth-order valence-electron chi connectivity index (χ4n) is 2.80. The molecule has 1 unspecified atom stereocenters. The van der Waals surface area contributed by atoms with Crippen molar-refractivity contribution in [3.8, 4) is 0 Å². The number of thiazole rings is 1. The van der Waals surface area contributed by atoms with E-state index >= 15 is 0 Å². The molecule has 0 aromatic carbocycles. The highest BCUT2D eigenvalue weighted by molar-refractivity contribution is 7.14. The lowest BCUT2D eigenvalue weighted by Gasteiger charge is -2.45. The van der Waals surface area contributed by atoms with Gasteiger partial charge in [-0.2, -0.15) is 0 Å². The summed E-state index contributed by atoms with van der Waals surface area (Å²) in [5, 5.41) is 13.1. The molecule has 0 amide bonds. The Morgan fingerprint density at radius 3 is 2.88 bits per heavy atom. The number of anilines is 1. The van der Waals surface area contributed by atoms with Crippen molar-refractivity contribution in [3.05, 3.63) is 11.2 Å². The Bertz CT molecular complexity index is 426. The van der Waals surface area contributed by atoms with Gasteiger partial charge in [-0.15, -0.1) is 11.3 Å². The van der Waals surface area contributed by atoms with Crippen LogP contribution in [0.15, 0.2) is 5.51 Å². The first-order valence-corrected chi connectivity index (χ1v) is 6.77. The quantitative estimate of drug-likeness (QED) is 0.851. The van der Waals surface area contributed by atoms with Gasteiger partial charge in [-0.25, -0.2) is 9.78 Å². The summed E-state index contributed by atoms with van der Waals surface area (Å²) in [7, 11) is 0. The molecule has 0 spiro atoms. The molecule has 3 aliphatic heterocycles.